The molecule has 4 atom stereocenters. The zero-order valence-corrected chi connectivity index (χ0v) is 16.0. The van der Waals surface area contributed by atoms with Gasteiger partial charge in [0.1, 0.15) is 0 Å². The highest BCUT2D eigenvalue weighted by molar-refractivity contribution is 7.86. The van der Waals surface area contributed by atoms with E-state index >= 15 is 0 Å². The molecule has 0 amide bonds. The van der Waals surface area contributed by atoms with E-state index in [1.54, 1.807) is 8.61 Å². The maximum atomic E-state index is 13.0. The van der Waals surface area contributed by atoms with Gasteiger partial charge >= 0.3 is 0 Å². The average Bonchev–Trinajstić information content (AvgIpc) is 2.90. The van der Waals surface area contributed by atoms with Crippen LogP contribution in [0.5, 0.6) is 0 Å². The first-order chi connectivity index (χ1) is 10.9. The molecule has 24 heavy (non-hydrogen) atoms. The molecule has 1 aromatic carbocycles. The van der Waals surface area contributed by atoms with Crippen LogP contribution in [0.3, 0.4) is 0 Å². The molecule has 0 bridgehead atoms. The Morgan fingerprint density at radius 3 is 2.08 bits per heavy atom. The lowest BCUT2D eigenvalue weighted by molar-refractivity contribution is 0.211. The van der Waals surface area contributed by atoms with Crippen molar-refractivity contribution >= 4 is 22.6 Å². The highest BCUT2D eigenvalue weighted by atomic mass is 35.5. The van der Waals surface area contributed by atoms with Crippen LogP contribution in [0.25, 0.3) is 0 Å². The fraction of sp³-hybridized carbons (Fsp3) is 0.647. The Hall–Kier alpha value is -0.660. The molecule has 2 fully saturated rings. The number of nitrogens with two attached hydrogens (primary N) is 1. The number of hydrogen-bond donors (Lipinski definition) is 1. The van der Waals surface area contributed by atoms with Crippen molar-refractivity contribution < 1.29 is 8.42 Å². The van der Waals surface area contributed by atoms with E-state index in [0.717, 1.165) is 12.0 Å². The predicted molar refractivity (Wildman–Crippen MR) is 99.4 cm³/mol. The second kappa shape index (κ2) is 7.70. The molecule has 0 aromatic heterocycles. The number of hydrogen-bond acceptors (Lipinski definition) is 3. The van der Waals surface area contributed by atoms with E-state index in [1.807, 2.05) is 30.3 Å². The highest BCUT2D eigenvalue weighted by Gasteiger charge is 2.41. The van der Waals surface area contributed by atoms with E-state index in [2.05, 4.69) is 13.8 Å². The Balaban J connectivity index is 0.00000208. The normalized spacial score (nSPS) is 32.5. The number of rotatable bonds is 3. The van der Waals surface area contributed by atoms with E-state index in [4.69, 9.17) is 5.73 Å². The van der Waals surface area contributed by atoms with E-state index in [0.29, 0.717) is 38.0 Å². The van der Waals surface area contributed by atoms with E-state index in [9.17, 15) is 8.42 Å². The molecular weight excluding hydrogens is 346 g/mol. The Bertz CT molecular complexity index is 630. The van der Waals surface area contributed by atoms with Gasteiger partial charge in [0.25, 0.3) is 10.2 Å². The third-order valence-corrected chi connectivity index (χ3v) is 6.95. The van der Waals surface area contributed by atoms with Crippen molar-refractivity contribution in [2.75, 3.05) is 26.2 Å². The molecule has 1 aromatic rings. The molecule has 2 heterocycles. The number of piperidine rings is 1. The molecule has 0 spiro atoms. The summed E-state index contributed by atoms with van der Waals surface area (Å²) < 4.78 is 29.2. The van der Waals surface area contributed by atoms with Crippen LogP contribution < -0.4 is 5.73 Å². The summed E-state index contributed by atoms with van der Waals surface area (Å²) in [7, 11) is -3.41. The third-order valence-electron chi connectivity index (χ3n) is 5.05. The monoisotopic (exact) mass is 373 g/mol. The number of halogens is 1. The molecule has 2 N–H and O–H groups in total. The summed E-state index contributed by atoms with van der Waals surface area (Å²) in [6.07, 6.45) is 1.10. The van der Waals surface area contributed by atoms with E-state index < -0.39 is 10.2 Å². The number of nitrogens with zero attached hydrogens (tertiary/aromatic N) is 2. The Morgan fingerprint density at radius 1 is 0.958 bits per heavy atom. The molecule has 0 aliphatic carbocycles. The van der Waals surface area contributed by atoms with Gasteiger partial charge in [-0.15, -0.1) is 12.4 Å². The van der Waals surface area contributed by atoms with Crippen molar-refractivity contribution in [3.8, 4) is 0 Å². The maximum absolute atomic E-state index is 13.0. The molecule has 2 saturated heterocycles. The molecule has 136 valence electrons. The topological polar surface area (TPSA) is 66.6 Å². The fourth-order valence-electron chi connectivity index (χ4n) is 3.99. The van der Waals surface area contributed by atoms with Crippen LogP contribution in [0.4, 0.5) is 0 Å². The van der Waals surface area contributed by atoms with Crippen LogP contribution in [-0.2, 0) is 10.2 Å². The van der Waals surface area contributed by atoms with Crippen LogP contribution in [0, 0.1) is 11.8 Å². The summed E-state index contributed by atoms with van der Waals surface area (Å²) in [5, 5.41) is 0. The molecule has 3 rings (SSSR count). The predicted octanol–water partition coefficient (Wildman–Crippen LogP) is 2.06. The minimum absolute atomic E-state index is 0. The summed E-state index contributed by atoms with van der Waals surface area (Å²) in [5.41, 5.74) is 7.38. The second-order valence-corrected chi connectivity index (χ2v) is 9.20. The van der Waals surface area contributed by atoms with Crippen molar-refractivity contribution in [3.05, 3.63) is 35.9 Å². The minimum atomic E-state index is -3.41. The lowest BCUT2D eigenvalue weighted by atomic mass is 9.94. The van der Waals surface area contributed by atoms with Crippen molar-refractivity contribution in [2.45, 2.75) is 32.2 Å². The fourth-order valence-corrected chi connectivity index (χ4v) is 5.91. The van der Waals surface area contributed by atoms with Crippen molar-refractivity contribution in [1.82, 2.24) is 8.61 Å². The van der Waals surface area contributed by atoms with Gasteiger partial charge < -0.3 is 5.73 Å². The Labute approximate surface area is 151 Å². The number of benzene rings is 1. The van der Waals surface area contributed by atoms with E-state index in [1.165, 1.54) is 0 Å². The van der Waals surface area contributed by atoms with Gasteiger partial charge in [-0.2, -0.15) is 17.0 Å². The van der Waals surface area contributed by atoms with Crippen molar-refractivity contribution in [2.24, 2.45) is 17.6 Å². The van der Waals surface area contributed by atoms with Gasteiger partial charge in [-0.05, 0) is 23.8 Å². The smallest absolute Gasteiger partial charge is 0.282 e. The van der Waals surface area contributed by atoms with Crippen molar-refractivity contribution in [1.29, 1.82) is 0 Å². The second-order valence-electron chi connectivity index (χ2n) is 7.27. The third kappa shape index (κ3) is 3.94. The van der Waals surface area contributed by atoms with Crippen LogP contribution in [0.1, 0.15) is 31.7 Å². The standard InChI is InChI=1S/C17H27N3O2S.ClH/c1-13-8-14(2)10-19(9-13)23(21,22)20-11-16(17(18)12-20)15-6-4-3-5-7-15;/h3-7,13-14,16-17H,8-12,18H2,1-2H3;1H/t13?,14?,16-,17+;/m0./s1. The minimum Gasteiger partial charge on any atom is -0.326 e. The zero-order chi connectivity index (χ0) is 16.6. The SMILES string of the molecule is CC1CC(C)CN(S(=O)(=O)N2C[C@@H](N)[C@H](c3ccccc3)C2)C1.Cl. The first-order valence-electron chi connectivity index (χ1n) is 8.43. The molecule has 0 saturated carbocycles. The lowest BCUT2D eigenvalue weighted by Gasteiger charge is -2.36. The molecule has 0 radical (unpaired) electrons. The molecule has 7 heteroatoms. The first-order valence-corrected chi connectivity index (χ1v) is 9.83. The Kier molecular flexibility index (Phi) is 6.31. The Morgan fingerprint density at radius 2 is 1.50 bits per heavy atom. The van der Waals surface area contributed by atoms with Crippen LogP contribution in [0.2, 0.25) is 0 Å². The van der Waals surface area contributed by atoms with Gasteiger partial charge in [0.15, 0.2) is 0 Å². The quantitative estimate of drug-likeness (QED) is 0.881. The van der Waals surface area contributed by atoms with Gasteiger partial charge in [-0.25, -0.2) is 0 Å². The highest BCUT2D eigenvalue weighted by Crippen LogP contribution is 2.31. The summed E-state index contributed by atoms with van der Waals surface area (Å²) in [4.78, 5) is 0. The van der Waals surface area contributed by atoms with Crippen molar-refractivity contribution in [3.63, 3.8) is 0 Å². The summed E-state index contributed by atoms with van der Waals surface area (Å²) in [6.45, 7) is 6.37. The largest absolute Gasteiger partial charge is 0.326 e. The van der Waals surface area contributed by atoms with Gasteiger partial charge in [-0.3, -0.25) is 0 Å². The van der Waals surface area contributed by atoms with E-state index in [-0.39, 0.29) is 24.4 Å². The molecule has 2 aliphatic rings. The van der Waals surface area contributed by atoms with Gasteiger partial charge in [0, 0.05) is 38.1 Å². The maximum Gasteiger partial charge on any atom is 0.282 e. The molecule has 2 aliphatic heterocycles. The zero-order valence-electron chi connectivity index (χ0n) is 14.3. The summed E-state index contributed by atoms with van der Waals surface area (Å²) >= 11 is 0. The summed E-state index contributed by atoms with van der Waals surface area (Å²) in [5.74, 6) is 0.898. The summed E-state index contributed by atoms with van der Waals surface area (Å²) in [6, 6.07) is 9.85. The lowest BCUT2D eigenvalue weighted by Crippen LogP contribution is -2.49. The molecule has 2 unspecified atom stereocenters. The van der Waals surface area contributed by atoms with Crippen LogP contribution in [-0.4, -0.2) is 49.2 Å². The molecular formula is C17H28ClN3O2S. The first kappa shape index (κ1) is 19.7. The van der Waals surface area contributed by atoms with Gasteiger partial charge in [0.05, 0.1) is 0 Å². The average molecular weight is 374 g/mol. The van der Waals surface area contributed by atoms with Gasteiger partial charge in [0.2, 0.25) is 0 Å². The van der Waals surface area contributed by atoms with Crippen LogP contribution in [0.15, 0.2) is 30.3 Å². The molecule has 5 nitrogen and oxygen atoms in total. The van der Waals surface area contributed by atoms with Gasteiger partial charge in [-0.1, -0.05) is 44.2 Å². The van der Waals surface area contributed by atoms with Crippen LogP contribution >= 0.6 is 12.4 Å².